The highest BCUT2D eigenvalue weighted by molar-refractivity contribution is 6.05. The van der Waals surface area contributed by atoms with Crippen LogP contribution in [0.1, 0.15) is 24.2 Å². The maximum atomic E-state index is 12.3. The molecular weight excluding hydrogens is 214 g/mol. The summed E-state index contributed by atoms with van der Waals surface area (Å²) in [5.41, 5.74) is 1.50. The first-order valence-corrected chi connectivity index (χ1v) is 5.77. The van der Waals surface area contributed by atoms with E-state index >= 15 is 0 Å². The Hall–Kier alpha value is -1.84. The minimum atomic E-state index is 0.0357. The van der Waals surface area contributed by atoms with Gasteiger partial charge in [0.2, 0.25) is 0 Å². The Labute approximate surface area is 101 Å². The van der Waals surface area contributed by atoms with Crippen molar-refractivity contribution in [2.45, 2.75) is 13.8 Å². The van der Waals surface area contributed by atoms with E-state index in [4.69, 9.17) is 0 Å². The number of hydrogen-bond acceptors (Lipinski definition) is 2. The molecule has 0 aliphatic carbocycles. The summed E-state index contributed by atoms with van der Waals surface area (Å²) in [6.07, 6.45) is 1.73. The van der Waals surface area contributed by atoms with Gasteiger partial charge in [0.05, 0.1) is 17.3 Å². The number of benzene rings is 1. The smallest absolute Gasteiger partial charge is 0.255 e. The minimum Gasteiger partial charge on any atom is -0.341 e. The normalized spacial score (nSPS) is 11.1. The summed E-state index contributed by atoms with van der Waals surface area (Å²) in [5, 5.41) is 7.82. The molecule has 0 unspecified atom stereocenters. The molecule has 4 heteroatoms. The van der Waals surface area contributed by atoms with Crippen molar-refractivity contribution in [3.63, 3.8) is 0 Å². The van der Waals surface area contributed by atoms with Gasteiger partial charge in [-0.3, -0.25) is 9.89 Å². The Kier molecular flexibility index (Phi) is 3.13. The highest BCUT2D eigenvalue weighted by Crippen LogP contribution is 2.17. The quantitative estimate of drug-likeness (QED) is 0.881. The zero-order chi connectivity index (χ0) is 12.4. The van der Waals surface area contributed by atoms with Crippen molar-refractivity contribution in [3.8, 4) is 0 Å². The van der Waals surface area contributed by atoms with Gasteiger partial charge >= 0.3 is 0 Å². The molecule has 1 N–H and O–H groups in total. The first-order valence-electron chi connectivity index (χ1n) is 5.77. The van der Waals surface area contributed by atoms with Crippen molar-refractivity contribution in [3.05, 3.63) is 30.0 Å². The van der Waals surface area contributed by atoms with Gasteiger partial charge in [0.25, 0.3) is 5.91 Å². The summed E-state index contributed by atoms with van der Waals surface area (Å²) >= 11 is 0. The second kappa shape index (κ2) is 4.57. The van der Waals surface area contributed by atoms with Crippen LogP contribution in [-0.2, 0) is 0 Å². The maximum Gasteiger partial charge on any atom is 0.255 e. The van der Waals surface area contributed by atoms with Crippen molar-refractivity contribution >= 4 is 16.8 Å². The number of aromatic nitrogens is 2. The summed E-state index contributed by atoms with van der Waals surface area (Å²) in [6, 6.07) is 5.66. The lowest BCUT2D eigenvalue weighted by Gasteiger charge is -2.19. The molecule has 1 aromatic carbocycles. The molecule has 0 aliphatic rings. The predicted molar refractivity (Wildman–Crippen MR) is 67.9 cm³/mol. The number of rotatable bonds is 3. The van der Waals surface area contributed by atoms with Crippen LogP contribution in [-0.4, -0.2) is 34.6 Å². The van der Waals surface area contributed by atoms with Crippen LogP contribution in [0.5, 0.6) is 0 Å². The van der Waals surface area contributed by atoms with Gasteiger partial charge in [-0.25, -0.2) is 0 Å². The lowest BCUT2D eigenvalue weighted by Crippen LogP contribution is -2.30. The monoisotopic (exact) mass is 231 g/mol. The molecule has 0 fully saturated rings. The average Bonchev–Trinajstić information content (AvgIpc) is 2.74. The van der Waals surface area contributed by atoms with Crippen LogP contribution in [0, 0.1) is 5.92 Å². The molecule has 2 aromatic rings. The van der Waals surface area contributed by atoms with E-state index in [2.05, 4.69) is 24.0 Å². The number of nitrogens with one attached hydrogen (secondary N) is 1. The first-order chi connectivity index (χ1) is 8.09. The fraction of sp³-hybridized carbons (Fsp3) is 0.385. The molecule has 0 aliphatic heterocycles. The number of para-hydroxylation sites is 1. The second-order valence-electron chi connectivity index (χ2n) is 4.72. The molecule has 0 atom stereocenters. The van der Waals surface area contributed by atoms with Crippen molar-refractivity contribution in [2.75, 3.05) is 13.6 Å². The summed E-state index contributed by atoms with van der Waals surface area (Å²) in [7, 11) is 1.83. The Balaban J connectivity index is 2.33. The van der Waals surface area contributed by atoms with E-state index in [1.807, 2.05) is 25.2 Å². The van der Waals surface area contributed by atoms with E-state index in [0.717, 1.165) is 17.4 Å². The molecule has 1 aromatic heterocycles. The molecule has 2 rings (SSSR count). The van der Waals surface area contributed by atoms with Gasteiger partial charge in [-0.2, -0.15) is 5.10 Å². The third-order valence-electron chi connectivity index (χ3n) is 2.69. The number of carbonyl (C=O) groups is 1. The summed E-state index contributed by atoms with van der Waals surface area (Å²) in [4.78, 5) is 14.0. The van der Waals surface area contributed by atoms with E-state index < -0.39 is 0 Å². The van der Waals surface area contributed by atoms with Gasteiger partial charge in [-0.05, 0) is 12.0 Å². The molecular formula is C13H17N3O. The number of carbonyl (C=O) groups excluding carboxylic acids is 1. The number of aromatic amines is 1. The summed E-state index contributed by atoms with van der Waals surface area (Å²) in [5.74, 6) is 0.499. The molecule has 90 valence electrons. The second-order valence-corrected chi connectivity index (χ2v) is 4.72. The van der Waals surface area contributed by atoms with Crippen LogP contribution in [0.4, 0.5) is 0 Å². The SMILES string of the molecule is CC(C)CN(C)C(=O)c1cccc2cn[nH]c12. The molecule has 0 bridgehead atoms. The number of H-pyrrole nitrogens is 1. The Morgan fingerprint density at radius 1 is 1.47 bits per heavy atom. The van der Waals surface area contributed by atoms with Gasteiger partial charge in [-0.15, -0.1) is 0 Å². The zero-order valence-electron chi connectivity index (χ0n) is 10.4. The van der Waals surface area contributed by atoms with Crippen molar-refractivity contribution in [1.82, 2.24) is 15.1 Å². The van der Waals surface area contributed by atoms with Crippen LogP contribution in [0.2, 0.25) is 0 Å². The first kappa shape index (κ1) is 11.6. The molecule has 0 spiro atoms. The number of hydrogen-bond donors (Lipinski definition) is 1. The van der Waals surface area contributed by atoms with Crippen LogP contribution < -0.4 is 0 Å². The Morgan fingerprint density at radius 3 is 2.94 bits per heavy atom. The van der Waals surface area contributed by atoms with Gasteiger partial charge in [-0.1, -0.05) is 26.0 Å². The maximum absolute atomic E-state index is 12.3. The molecule has 4 nitrogen and oxygen atoms in total. The van der Waals surface area contributed by atoms with Crippen molar-refractivity contribution in [2.24, 2.45) is 5.92 Å². The Morgan fingerprint density at radius 2 is 2.24 bits per heavy atom. The fourth-order valence-corrected chi connectivity index (χ4v) is 1.98. The topological polar surface area (TPSA) is 49.0 Å². The van der Waals surface area contributed by atoms with Crippen molar-refractivity contribution in [1.29, 1.82) is 0 Å². The molecule has 17 heavy (non-hydrogen) atoms. The van der Waals surface area contributed by atoms with E-state index in [9.17, 15) is 4.79 Å². The van der Waals surface area contributed by atoms with Gasteiger partial charge in [0.1, 0.15) is 0 Å². The van der Waals surface area contributed by atoms with E-state index in [1.165, 1.54) is 0 Å². The summed E-state index contributed by atoms with van der Waals surface area (Å²) < 4.78 is 0. The largest absolute Gasteiger partial charge is 0.341 e. The van der Waals surface area contributed by atoms with Gasteiger partial charge < -0.3 is 4.90 Å². The third-order valence-corrected chi connectivity index (χ3v) is 2.69. The van der Waals surface area contributed by atoms with Crippen LogP contribution in [0.25, 0.3) is 10.9 Å². The minimum absolute atomic E-state index is 0.0357. The number of amides is 1. The lowest BCUT2D eigenvalue weighted by molar-refractivity contribution is 0.0781. The number of fused-ring (bicyclic) bond motifs is 1. The van der Waals surface area contributed by atoms with Crippen LogP contribution in [0.3, 0.4) is 0 Å². The highest BCUT2D eigenvalue weighted by Gasteiger charge is 2.16. The van der Waals surface area contributed by atoms with Gasteiger partial charge in [0, 0.05) is 19.0 Å². The standard InChI is InChI=1S/C13H17N3O/c1-9(2)8-16(3)13(17)11-6-4-5-10-7-14-15-12(10)11/h4-7,9H,8H2,1-3H3,(H,14,15). The molecule has 0 saturated carbocycles. The average molecular weight is 231 g/mol. The van der Waals surface area contributed by atoms with E-state index in [-0.39, 0.29) is 5.91 Å². The predicted octanol–water partition coefficient (Wildman–Crippen LogP) is 2.29. The molecule has 0 saturated heterocycles. The van der Waals surface area contributed by atoms with Crippen LogP contribution in [0.15, 0.2) is 24.4 Å². The highest BCUT2D eigenvalue weighted by atomic mass is 16.2. The zero-order valence-corrected chi connectivity index (χ0v) is 10.4. The van der Waals surface area contributed by atoms with E-state index in [1.54, 1.807) is 11.1 Å². The molecule has 1 heterocycles. The van der Waals surface area contributed by atoms with Gasteiger partial charge in [0.15, 0.2) is 0 Å². The molecule has 0 radical (unpaired) electrons. The Bertz CT molecular complexity index is 530. The molecule has 1 amide bonds. The third kappa shape index (κ3) is 2.30. The van der Waals surface area contributed by atoms with Crippen molar-refractivity contribution < 1.29 is 4.79 Å². The van der Waals surface area contributed by atoms with Crippen LogP contribution >= 0.6 is 0 Å². The van der Waals surface area contributed by atoms with E-state index in [0.29, 0.717) is 11.5 Å². The fourth-order valence-electron chi connectivity index (χ4n) is 1.98. The lowest BCUT2D eigenvalue weighted by atomic mass is 10.1. The number of nitrogens with zero attached hydrogens (tertiary/aromatic N) is 2. The summed E-state index contributed by atoms with van der Waals surface area (Å²) in [6.45, 7) is 4.95.